The smallest absolute Gasteiger partial charge is 0.261 e. The van der Waals surface area contributed by atoms with Crippen LogP contribution in [-0.4, -0.2) is 26.2 Å². The number of rotatable bonds is 2. The summed E-state index contributed by atoms with van der Waals surface area (Å²) < 4.78 is 1.72. The highest BCUT2D eigenvalue weighted by molar-refractivity contribution is 5.83. The maximum Gasteiger partial charge on any atom is 0.261 e. The first-order valence-electron chi connectivity index (χ1n) is 7.82. The second-order valence-electron chi connectivity index (χ2n) is 5.98. The SMILES string of the molecule is O=c1c2ccc(-c3ccccn3)cc2nc2n1CC(CO)CC2. The van der Waals surface area contributed by atoms with Crippen LogP contribution in [0.2, 0.25) is 0 Å². The number of nitrogens with zero attached hydrogens (tertiary/aromatic N) is 3. The fourth-order valence-electron chi connectivity index (χ4n) is 3.17. The summed E-state index contributed by atoms with van der Waals surface area (Å²) in [4.78, 5) is 21.7. The summed E-state index contributed by atoms with van der Waals surface area (Å²) >= 11 is 0. The van der Waals surface area contributed by atoms with Gasteiger partial charge in [-0.05, 0) is 30.7 Å². The lowest BCUT2D eigenvalue weighted by molar-refractivity contribution is 0.188. The van der Waals surface area contributed by atoms with Crippen molar-refractivity contribution in [2.24, 2.45) is 5.92 Å². The minimum atomic E-state index is -0.0179. The molecule has 1 N–H and O–H groups in total. The van der Waals surface area contributed by atoms with Crippen molar-refractivity contribution < 1.29 is 5.11 Å². The topological polar surface area (TPSA) is 68.0 Å². The molecule has 0 saturated carbocycles. The van der Waals surface area contributed by atoms with Crippen LogP contribution in [0.1, 0.15) is 12.2 Å². The molecule has 1 aliphatic rings. The predicted molar refractivity (Wildman–Crippen MR) is 88.1 cm³/mol. The number of aliphatic hydroxyl groups is 1. The lowest BCUT2D eigenvalue weighted by Gasteiger charge is -2.24. The van der Waals surface area contributed by atoms with Crippen LogP contribution in [0.15, 0.2) is 47.4 Å². The van der Waals surface area contributed by atoms with Crippen LogP contribution in [0.25, 0.3) is 22.2 Å². The molecule has 0 radical (unpaired) electrons. The van der Waals surface area contributed by atoms with E-state index in [0.29, 0.717) is 17.4 Å². The van der Waals surface area contributed by atoms with Crippen LogP contribution in [0.5, 0.6) is 0 Å². The third kappa shape index (κ3) is 2.43. The molecule has 23 heavy (non-hydrogen) atoms. The zero-order valence-electron chi connectivity index (χ0n) is 12.6. The monoisotopic (exact) mass is 307 g/mol. The van der Waals surface area contributed by atoms with Gasteiger partial charge in [0.05, 0.1) is 16.6 Å². The zero-order valence-corrected chi connectivity index (χ0v) is 12.6. The standard InChI is InChI=1S/C18H17N3O2/c22-11-12-4-7-17-20-16-9-13(15-3-1-2-8-19-15)5-6-14(16)18(23)21(17)10-12/h1-3,5-6,8-9,12,22H,4,7,10-11H2. The predicted octanol–water partition coefficient (Wildman–Crippen LogP) is 2.01. The fourth-order valence-corrected chi connectivity index (χ4v) is 3.17. The molecule has 1 atom stereocenters. The first-order valence-corrected chi connectivity index (χ1v) is 7.82. The number of benzene rings is 1. The van der Waals surface area contributed by atoms with E-state index in [4.69, 9.17) is 0 Å². The van der Waals surface area contributed by atoms with Gasteiger partial charge in [-0.25, -0.2) is 4.98 Å². The molecular formula is C18H17N3O2. The van der Waals surface area contributed by atoms with Crippen LogP contribution in [0.3, 0.4) is 0 Å². The molecule has 3 heterocycles. The van der Waals surface area contributed by atoms with E-state index in [1.54, 1.807) is 10.8 Å². The lowest BCUT2D eigenvalue weighted by atomic mass is 9.99. The average Bonchev–Trinajstić information content (AvgIpc) is 2.62. The summed E-state index contributed by atoms with van der Waals surface area (Å²) in [6.07, 6.45) is 3.35. The van der Waals surface area contributed by atoms with E-state index in [9.17, 15) is 9.90 Å². The van der Waals surface area contributed by atoms with E-state index in [0.717, 1.165) is 29.9 Å². The number of fused-ring (bicyclic) bond motifs is 2. The zero-order chi connectivity index (χ0) is 15.8. The Labute approximate surface area is 133 Å². The van der Waals surface area contributed by atoms with Gasteiger partial charge in [-0.3, -0.25) is 14.3 Å². The van der Waals surface area contributed by atoms with Crippen LogP contribution in [0.4, 0.5) is 0 Å². The second kappa shape index (κ2) is 5.59. The molecule has 0 amide bonds. The lowest BCUT2D eigenvalue weighted by Crippen LogP contribution is -2.33. The molecule has 5 heteroatoms. The Morgan fingerprint density at radius 2 is 2.17 bits per heavy atom. The van der Waals surface area contributed by atoms with Crippen LogP contribution < -0.4 is 5.56 Å². The van der Waals surface area contributed by atoms with Crippen molar-refractivity contribution >= 4 is 10.9 Å². The highest BCUT2D eigenvalue weighted by Gasteiger charge is 2.21. The number of hydrogen-bond acceptors (Lipinski definition) is 4. The van der Waals surface area contributed by atoms with E-state index in [-0.39, 0.29) is 18.1 Å². The van der Waals surface area contributed by atoms with E-state index < -0.39 is 0 Å². The first-order chi connectivity index (χ1) is 11.3. The van der Waals surface area contributed by atoms with Crippen molar-refractivity contribution in [1.29, 1.82) is 0 Å². The van der Waals surface area contributed by atoms with Crippen LogP contribution >= 0.6 is 0 Å². The van der Waals surface area contributed by atoms with E-state index in [1.807, 2.05) is 36.4 Å². The number of pyridine rings is 1. The summed E-state index contributed by atoms with van der Waals surface area (Å²) in [5, 5.41) is 9.96. The quantitative estimate of drug-likeness (QED) is 0.786. The van der Waals surface area contributed by atoms with E-state index in [2.05, 4.69) is 9.97 Å². The normalized spacial score (nSPS) is 17.2. The Balaban J connectivity index is 1.86. The molecule has 1 unspecified atom stereocenters. The molecule has 0 aliphatic carbocycles. The van der Waals surface area contributed by atoms with Gasteiger partial charge >= 0.3 is 0 Å². The molecule has 1 aromatic carbocycles. The molecule has 2 aromatic heterocycles. The molecule has 116 valence electrons. The first kappa shape index (κ1) is 14.1. The van der Waals surface area contributed by atoms with Crippen molar-refractivity contribution in [2.45, 2.75) is 19.4 Å². The van der Waals surface area contributed by atoms with Gasteiger partial charge in [0, 0.05) is 37.3 Å². The average molecular weight is 307 g/mol. The molecule has 1 aliphatic heterocycles. The molecule has 0 spiro atoms. The molecule has 3 aromatic rings. The van der Waals surface area contributed by atoms with Crippen molar-refractivity contribution in [3.05, 3.63) is 58.8 Å². The molecule has 5 nitrogen and oxygen atoms in total. The minimum absolute atomic E-state index is 0.0179. The largest absolute Gasteiger partial charge is 0.396 e. The van der Waals surface area contributed by atoms with E-state index in [1.165, 1.54) is 0 Å². The number of aliphatic hydroxyl groups excluding tert-OH is 1. The van der Waals surface area contributed by atoms with Crippen LogP contribution in [-0.2, 0) is 13.0 Å². The molecule has 0 fully saturated rings. The van der Waals surface area contributed by atoms with Gasteiger partial charge in [-0.2, -0.15) is 0 Å². The second-order valence-corrected chi connectivity index (χ2v) is 5.98. The maximum absolute atomic E-state index is 12.7. The number of aromatic nitrogens is 3. The summed E-state index contributed by atoms with van der Waals surface area (Å²) in [7, 11) is 0. The van der Waals surface area contributed by atoms with Gasteiger partial charge in [0.2, 0.25) is 0 Å². The summed E-state index contributed by atoms with van der Waals surface area (Å²) in [6, 6.07) is 11.4. The Morgan fingerprint density at radius 1 is 1.26 bits per heavy atom. The highest BCUT2D eigenvalue weighted by atomic mass is 16.3. The molecule has 0 saturated heterocycles. The maximum atomic E-state index is 12.7. The van der Waals surface area contributed by atoms with Crippen molar-refractivity contribution in [2.75, 3.05) is 6.61 Å². The molecular weight excluding hydrogens is 290 g/mol. The molecule has 0 bridgehead atoms. The summed E-state index contributed by atoms with van der Waals surface area (Å²) in [6.45, 7) is 0.665. The van der Waals surface area contributed by atoms with Gasteiger partial charge in [0.1, 0.15) is 5.82 Å². The Kier molecular flexibility index (Phi) is 3.42. The third-order valence-corrected chi connectivity index (χ3v) is 4.47. The van der Waals surface area contributed by atoms with Crippen LogP contribution in [0, 0.1) is 5.92 Å². The van der Waals surface area contributed by atoms with Crippen molar-refractivity contribution in [1.82, 2.24) is 14.5 Å². The van der Waals surface area contributed by atoms with Crippen molar-refractivity contribution in [3.63, 3.8) is 0 Å². The Hall–Kier alpha value is -2.53. The molecule has 4 rings (SSSR count). The number of hydrogen-bond donors (Lipinski definition) is 1. The summed E-state index contributed by atoms with van der Waals surface area (Å²) in [5.74, 6) is 0.956. The fraction of sp³-hybridized carbons (Fsp3) is 0.278. The summed E-state index contributed by atoms with van der Waals surface area (Å²) in [5.41, 5.74) is 2.52. The van der Waals surface area contributed by atoms with Gasteiger partial charge in [-0.1, -0.05) is 12.1 Å². The Bertz CT molecular complexity index is 919. The Morgan fingerprint density at radius 3 is 2.96 bits per heavy atom. The number of aryl methyl sites for hydroxylation is 1. The van der Waals surface area contributed by atoms with Gasteiger partial charge in [0.25, 0.3) is 5.56 Å². The van der Waals surface area contributed by atoms with Crippen molar-refractivity contribution in [3.8, 4) is 11.3 Å². The minimum Gasteiger partial charge on any atom is -0.396 e. The van der Waals surface area contributed by atoms with E-state index >= 15 is 0 Å². The third-order valence-electron chi connectivity index (χ3n) is 4.47. The van der Waals surface area contributed by atoms with Gasteiger partial charge < -0.3 is 5.11 Å². The highest BCUT2D eigenvalue weighted by Crippen LogP contribution is 2.23. The van der Waals surface area contributed by atoms with Gasteiger partial charge in [0.15, 0.2) is 0 Å². The van der Waals surface area contributed by atoms with Gasteiger partial charge in [-0.15, -0.1) is 0 Å².